The fourth-order valence-electron chi connectivity index (χ4n) is 2.97. The summed E-state index contributed by atoms with van der Waals surface area (Å²) in [5.41, 5.74) is 6.68. The molecule has 2 aromatic heterocycles. The number of anilines is 1. The summed E-state index contributed by atoms with van der Waals surface area (Å²) in [5.74, 6) is -1.87. The number of nitrogens with two attached hydrogens (primary N) is 1. The van der Waals surface area contributed by atoms with E-state index in [9.17, 15) is 18.9 Å². The first kappa shape index (κ1) is 18.2. The van der Waals surface area contributed by atoms with E-state index < -0.39 is 16.6 Å². The number of pyridine rings is 1. The molecule has 4 aromatic rings. The lowest BCUT2D eigenvalue weighted by atomic mass is 10.1. The molecule has 0 spiro atoms. The van der Waals surface area contributed by atoms with Gasteiger partial charge in [-0.2, -0.15) is 0 Å². The third-order valence-corrected chi connectivity index (χ3v) is 4.31. The normalized spacial score (nSPS) is 10.8. The van der Waals surface area contributed by atoms with E-state index in [0.717, 1.165) is 12.1 Å². The van der Waals surface area contributed by atoms with E-state index in [1.54, 1.807) is 24.3 Å². The molecule has 4 rings (SSSR count). The fourth-order valence-corrected chi connectivity index (χ4v) is 2.97. The van der Waals surface area contributed by atoms with Crippen LogP contribution in [0.1, 0.15) is 0 Å². The minimum Gasteiger partial charge on any atom is -0.378 e. The number of hydrogen-bond donors (Lipinski definition) is 2. The maximum Gasteiger partial charge on any atom is 0.311 e. The minimum absolute atomic E-state index is 0.0341. The molecular weight excluding hydrogens is 380 g/mol. The number of rotatable bonds is 4. The summed E-state index contributed by atoms with van der Waals surface area (Å²) >= 11 is 0. The number of nitrogens with zero attached hydrogens (tertiary/aromatic N) is 3. The van der Waals surface area contributed by atoms with Gasteiger partial charge in [0.05, 0.1) is 27.6 Å². The highest BCUT2D eigenvalue weighted by Gasteiger charge is 2.22. The Kier molecular flexibility index (Phi) is 4.47. The van der Waals surface area contributed by atoms with Gasteiger partial charge in [-0.3, -0.25) is 10.1 Å². The summed E-state index contributed by atoms with van der Waals surface area (Å²) in [6.45, 7) is 0. The summed E-state index contributed by atoms with van der Waals surface area (Å²) < 4.78 is 28.6. The third kappa shape index (κ3) is 3.29. The van der Waals surface area contributed by atoms with Crippen LogP contribution in [0.15, 0.2) is 60.7 Å². The lowest BCUT2D eigenvalue weighted by Crippen LogP contribution is -2.00. The Morgan fingerprint density at radius 1 is 0.931 bits per heavy atom. The first-order valence-corrected chi connectivity index (χ1v) is 8.47. The second kappa shape index (κ2) is 7.12. The smallest absolute Gasteiger partial charge is 0.311 e. The molecule has 0 aliphatic heterocycles. The summed E-state index contributed by atoms with van der Waals surface area (Å²) in [4.78, 5) is 21.7. The maximum absolute atomic E-state index is 14.3. The molecule has 0 amide bonds. The van der Waals surface area contributed by atoms with Crippen molar-refractivity contribution in [2.75, 3.05) is 5.73 Å². The van der Waals surface area contributed by atoms with Crippen molar-refractivity contribution in [1.82, 2.24) is 15.0 Å². The summed E-state index contributed by atoms with van der Waals surface area (Å²) in [7, 11) is 0. The van der Waals surface area contributed by atoms with Gasteiger partial charge in [-0.25, -0.2) is 18.7 Å². The first-order chi connectivity index (χ1) is 14.0. The van der Waals surface area contributed by atoms with Crippen molar-refractivity contribution >= 4 is 11.5 Å². The number of benzene rings is 2. The highest BCUT2D eigenvalue weighted by atomic mass is 19.1. The number of H-pyrrole nitrogens is 1. The largest absolute Gasteiger partial charge is 0.378 e. The number of aromatic amines is 1. The molecule has 29 heavy (non-hydrogen) atoms. The van der Waals surface area contributed by atoms with Gasteiger partial charge in [0.1, 0.15) is 17.5 Å². The van der Waals surface area contributed by atoms with Gasteiger partial charge in [-0.05, 0) is 18.2 Å². The Morgan fingerprint density at radius 3 is 2.24 bits per heavy atom. The number of aromatic nitrogens is 3. The van der Waals surface area contributed by atoms with Crippen LogP contribution in [0.3, 0.4) is 0 Å². The van der Waals surface area contributed by atoms with Crippen LogP contribution in [0.2, 0.25) is 0 Å². The van der Waals surface area contributed by atoms with Gasteiger partial charge in [0, 0.05) is 11.6 Å². The molecule has 2 aromatic carbocycles. The quantitative estimate of drug-likeness (QED) is 0.390. The number of halogens is 2. The number of hydrogen-bond acceptors (Lipinski definition) is 5. The first-order valence-electron chi connectivity index (χ1n) is 8.47. The molecule has 9 heteroatoms. The Bertz CT molecular complexity index is 1200. The Hall–Kier alpha value is -4.14. The zero-order chi connectivity index (χ0) is 20.5. The predicted molar refractivity (Wildman–Crippen MR) is 104 cm³/mol. The molecule has 0 fully saturated rings. The van der Waals surface area contributed by atoms with Crippen LogP contribution in [0, 0.1) is 21.7 Å². The van der Waals surface area contributed by atoms with Gasteiger partial charge in [-0.15, -0.1) is 0 Å². The van der Waals surface area contributed by atoms with Crippen LogP contribution in [0.25, 0.3) is 34.0 Å². The van der Waals surface area contributed by atoms with Gasteiger partial charge in [-0.1, -0.05) is 36.4 Å². The van der Waals surface area contributed by atoms with E-state index in [4.69, 9.17) is 5.73 Å². The predicted octanol–water partition coefficient (Wildman–Crippen LogP) is 4.57. The van der Waals surface area contributed by atoms with Gasteiger partial charge in [0.15, 0.2) is 0 Å². The van der Waals surface area contributed by atoms with Crippen LogP contribution in [0.4, 0.5) is 20.3 Å². The van der Waals surface area contributed by atoms with Crippen LogP contribution in [-0.4, -0.2) is 19.9 Å². The average molecular weight is 393 g/mol. The second-order valence-electron chi connectivity index (χ2n) is 6.13. The summed E-state index contributed by atoms with van der Waals surface area (Å²) in [5, 5.41) is 11.0. The van der Waals surface area contributed by atoms with Crippen molar-refractivity contribution in [2.45, 2.75) is 0 Å². The van der Waals surface area contributed by atoms with Gasteiger partial charge in [0.25, 0.3) is 0 Å². The summed E-state index contributed by atoms with van der Waals surface area (Å²) in [6.07, 6.45) is 0. The Morgan fingerprint density at radius 2 is 1.62 bits per heavy atom. The second-order valence-corrected chi connectivity index (χ2v) is 6.13. The number of nitro groups is 1. The molecule has 0 atom stereocenters. The van der Waals surface area contributed by atoms with E-state index in [-0.39, 0.29) is 28.6 Å². The highest BCUT2D eigenvalue weighted by molar-refractivity contribution is 5.81. The highest BCUT2D eigenvalue weighted by Crippen LogP contribution is 2.35. The monoisotopic (exact) mass is 393 g/mol. The lowest BCUT2D eigenvalue weighted by molar-refractivity contribution is -0.384. The van der Waals surface area contributed by atoms with Crippen LogP contribution in [0.5, 0.6) is 0 Å². The number of nitrogen functional groups attached to an aromatic ring is 1. The molecule has 0 aliphatic carbocycles. The Labute approximate surface area is 163 Å². The molecule has 0 unspecified atom stereocenters. The van der Waals surface area contributed by atoms with E-state index >= 15 is 0 Å². The molecule has 2 heterocycles. The van der Waals surface area contributed by atoms with Crippen LogP contribution >= 0.6 is 0 Å². The maximum atomic E-state index is 14.3. The molecule has 0 radical (unpaired) electrons. The zero-order valence-electron chi connectivity index (χ0n) is 14.8. The topological polar surface area (TPSA) is 111 Å². The molecule has 7 nitrogen and oxygen atoms in total. The molecule has 0 bridgehead atoms. The molecule has 0 saturated heterocycles. The van der Waals surface area contributed by atoms with Crippen LogP contribution in [-0.2, 0) is 0 Å². The van der Waals surface area contributed by atoms with Crippen LogP contribution < -0.4 is 5.73 Å². The van der Waals surface area contributed by atoms with Crippen molar-refractivity contribution in [3.8, 4) is 34.0 Å². The van der Waals surface area contributed by atoms with Crippen molar-refractivity contribution in [1.29, 1.82) is 0 Å². The van der Waals surface area contributed by atoms with Crippen molar-refractivity contribution in [3.63, 3.8) is 0 Å². The average Bonchev–Trinajstić information content (AvgIpc) is 3.13. The molecule has 3 N–H and O–H groups in total. The van der Waals surface area contributed by atoms with Crippen molar-refractivity contribution < 1.29 is 13.7 Å². The number of nitrogens with one attached hydrogen (secondary N) is 1. The van der Waals surface area contributed by atoms with Gasteiger partial charge in [0.2, 0.25) is 5.82 Å². The lowest BCUT2D eigenvalue weighted by Gasteiger charge is -2.04. The fraction of sp³-hybridized carbons (Fsp3) is 0. The SMILES string of the molecule is Nc1nc(-c2[nH]c(-c3c(F)cccc3F)nc2-c2ccccc2)ccc1[N+](=O)[O-]. The number of imidazole rings is 1. The van der Waals surface area contributed by atoms with E-state index in [1.807, 2.05) is 6.07 Å². The standard InChI is InChI=1S/C20H13F2N5O2/c21-12-7-4-8-13(22)16(12)20-25-17(11-5-2-1-3-6-11)18(26-20)14-9-10-15(27(28)29)19(23)24-14/h1-10H,(H2,23,24)(H,25,26). The third-order valence-electron chi connectivity index (χ3n) is 4.31. The summed E-state index contributed by atoms with van der Waals surface area (Å²) in [6, 6.07) is 15.1. The van der Waals surface area contributed by atoms with E-state index in [2.05, 4.69) is 15.0 Å². The molecule has 0 aliphatic rings. The zero-order valence-corrected chi connectivity index (χ0v) is 14.8. The molecular formula is C20H13F2N5O2. The van der Waals surface area contributed by atoms with E-state index in [0.29, 0.717) is 17.0 Å². The molecule has 144 valence electrons. The Balaban J connectivity index is 1.95. The van der Waals surface area contributed by atoms with E-state index in [1.165, 1.54) is 18.2 Å². The van der Waals surface area contributed by atoms with Crippen molar-refractivity contribution in [3.05, 3.63) is 82.4 Å². The van der Waals surface area contributed by atoms with Crippen molar-refractivity contribution in [2.24, 2.45) is 0 Å². The van der Waals surface area contributed by atoms with Gasteiger partial charge < -0.3 is 10.7 Å². The molecule has 0 saturated carbocycles. The van der Waals surface area contributed by atoms with Gasteiger partial charge >= 0.3 is 5.69 Å². The minimum atomic E-state index is -0.777.